The van der Waals surface area contributed by atoms with Crippen LogP contribution in [0.25, 0.3) is 0 Å². The summed E-state index contributed by atoms with van der Waals surface area (Å²) >= 11 is 0. The van der Waals surface area contributed by atoms with Crippen molar-refractivity contribution >= 4 is 5.97 Å². The van der Waals surface area contributed by atoms with E-state index in [9.17, 15) is 14.3 Å². The second-order valence-corrected chi connectivity index (χ2v) is 4.81. The molecule has 2 N–H and O–H groups in total. The highest BCUT2D eigenvalue weighted by Crippen LogP contribution is 2.55. The van der Waals surface area contributed by atoms with Crippen LogP contribution in [0, 0.1) is 11.2 Å². The third-order valence-electron chi connectivity index (χ3n) is 3.64. The van der Waals surface area contributed by atoms with Gasteiger partial charge >= 0.3 is 5.97 Å². The van der Waals surface area contributed by atoms with E-state index in [4.69, 9.17) is 4.74 Å². The van der Waals surface area contributed by atoms with Crippen LogP contribution in [-0.2, 0) is 4.79 Å². The van der Waals surface area contributed by atoms with Gasteiger partial charge in [-0.05, 0) is 44.5 Å². The summed E-state index contributed by atoms with van der Waals surface area (Å²) in [5, 5.41) is 12.3. The molecule has 0 saturated heterocycles. The van der Waals surface area contributed by atoms with Crippen LogP contribution in [0.1, 0.15) is 31.4 Å². The Morgan fingerprint density at radius 3 is 2.68 bits per heavy atom. The van der Waals surface area contributed by atoms with Gasteiger partial charge in [0.15, 0.2) is 11.6 Å². The zero-order chi connectivity index (χ0) is 14.0. The Labute approximate surface area is 111 Å². The summed E-state index contributed by atoms with van der Waals surface area (Å²) < 4.78 is 19.0. The number of carboxylic acid groups (broad SMARTS) is 1. The summed E-state index contributed by atoms with van der Waals surface area (Å²) in [7, 11) is 1.70. The van der Waals surface area contributed by atoms with Gasteiger partial charge in [0.25, 0.3) is 0 Å². The Kier molecular flexibility index (Phi) is 3.75. The Balaban J connectivity index is 2.30. The van der Waals surface area contributed by atoms with Crippen LogP contribution in [0.15, 0.2) is 18.2 Å². The second kappa shape index (κ2) is 5.17. The fraction of sp³-hybridized carbons (Fsp3) is 0.500. The van der Waals surface area contributed by atoms with Crippen molar-refractivity contribution in [2.45, 2.75) is 25.8 Å². The molecule has 1 saturated carbocycles. The Morgan fingerprint density at radius 2 is 2.26 bits per heavy atom. The maximum Gasteiger partial charge on any atom is 0.311 e. The fourth-order valence-corrected chi connectivity index (χ4v) is 2.49. The molecule has 1 fully saturated rings. The van der Waals surface area contributed by atoms with E-state index in [1.54, 1.807) is 26.1 Å². The van der Waals surface area contributed by atoms with Crippen molar-refractivity contribution in [3.63, 3.8) is 0 Å². The first-order valence-corrected chi connectivity index (χ1v) is 6.38. The molecule has 0 radical (unpaired) electrons. The molecule has 1 aliphatic carbocycles. The van der Waals surface area contributed by atoms with Gasteiger partial charge in [-0.3, -0.25) is 4.79 Å². The van der Waals surface area contributed by atoms with Gasteiger partial charge in [-0.25, -0.2) is 4.39 Å². The van der Waals surface area contributed by atoms with Gasteiger partial charge in [-0.1, -0.05) is 6.07 Å². The number of nitrogens with one attached hydrogen (secondary N) is 1. The molecule has 2 rings (SSSR count). The van der Waals surface area contributed by atoms with Gasteiger partial charge in [0, 0.05) is 6.04 Å². The van der Waals surface area contributed by atoms with Crippen molar-refractivity contribution in [1.29, 1.82) is 0 Å². The zero-order valence-electron chi connectivity index (χ0n) is 11.1. The summed E-state index contributed by atoms with van der Waals surface area (Å²) in [5.74, 6) is -1.09. The minimum absolute atomic E-state index is 0.196. The highest BCUT2D eigenvalue weighted by molar-refractivity contribution is 5.79. The van der Waals surface area contributed by atoms with Gasteiger partial charge in [-0.15, -0.1) is 0 Å². The maximum atomic E-state index is 13.8. The SMILES string of the molecule is CCOc1ccc(C(NC)C2(C(=O)O)CC2)cc1F. The van der Waals surface area contributed by atoms with Gasteiger partial charge in [-0.2, -0.15) is 0 Å². The zero-order valence-corrected chi connectivity index (χ0v) is 11.1. The van der Waals surface area contributed by atoms with Crippen molar-refractivity contribution in [1.82, 2.24) is 5.32 Å². The lowest BCUT2D eigenvalue weighted by atomic mass is 9.90. The van der Waals surface area contributed by atoms with E-state index in [0.29, 0.717) is 25.0 Å². The highest BCUT2D eigenvalue weighted by Gasteiger charge is 2.56. The topological polar surface area (TPSA) is 58.6 Å². The fourth-order valence-electron chi connectivity index (χ4n) is 2.49. The van der Waals surface area contributed by atoms with Crippen LogP contribution in [0.5, 0.6) is 5.75 Å². The molecule has 1 aliphatic rings. The quantitative estimate of drug-likeness (QED) is 0.830. The second-order valence-electron chi connectivity index (χ2n) is 4.81. The van der Waals surface area contributed by atoms with Crippen LogP contribution >= 0.6 is 0 Å². The lowest BCUT2D eigenvalue weighted by molar-refractivity contribution is -0.144. The number of halogens is 1. The molecular formula is C14H18FNO3. The molecule has 1 aromatic rings. The van der Waals surface area contributed by atoms with Crippen LogP contribution in [-0.4, -0.2) is 24.7 Å². The first kappa shape index (κ1) is 13.8. The number of carboxylic acids is 1. The number of rotatable bonds is 6. The summed E-state index contributed by atoms with van der Waals surface area (Å²) in [6, 6.07) is 4.25. The third kappa shape index (κ3) is 2.42. The number of benzene rings is 1. The standard InChI is InChI=1S/C14H18FNO3/c1-3-19-11-5-4-9(8-10(11)15)12(16-2)14(6-7-14)13(17)18/h4-5,8,12,16H,3,6-7H2,1-2H3,(H,17,18). The van der Waals surface area contributed by atoms with Crippen LogP contribution < -0.4 is 10.1 Å². The monoisotopic (exact) mass is 267 g/mol. The number of hydrogen-bond donors (Lipinski definition) is 2. The highest BCUT2D eigenvalue weighted by atomic mass is 19.1. The molecule has 5 heteroatoms. The first-order chi connectivity index (χ1) is 9.05. The number of carbonyl (C=O) groups is 1. The average Bonchev–Trinajstić information content (AvgIpc) is 3.15. The molecule has 104 valence electrons. The first-order valence-electron chi connectivity index (χ1n) is 6.38. The van der Waals surface area contributed by atoms with E-state index in [1.165, 1.54) is 6.07 Å². The molecule has 19 heavy (non-hydrogen) atoms. The molecule has 4 nitrogen and oxygen atoms in total. The van der Waals surface area contributed by atoms with Gasteiger partial charge in [0.2, 0.25) is 0 Å². The van der Waals surface area contributed by atoms with Crippen molar-refractivity contribution in [3.8, 4) is 5.75 Å². The summed E-state index contributed by atoms with van der Waals surface area (Å²) in [6.07, 6.45) is 1.23. The lowest BCUT2D eigenvalue weighted by Crippen LogP contribution is -2.32. The Morgan fingerprint density at radius 1 is 1.58 bits per heavy atom. The Hall–Kier alpha value is -1.62. The predicted octanol–water partition coefficient (Wildman–Crippen LogP) is 2.35. The number of aliphatic carboxylic acids is 1. The molecule has 0 heterocycles. The average molecular weight is 267 g/mol. The molecule has 0 aliphatic heterocycles. The van der Waals surface area contributed by atoms with Crippen LogP contribution in [0.3, 0.4) is 0 Å². The maximum absolute atomic E-state index is 13.8. The van der Waals surface area contributed by atoms with Crippen molar-refractivity contribution < 1.29 is 19.0 Å². The predicted molar refractivity (Wildman–Crippen MR) is 68.7 cm³/mol. The molecule has 0 bridgehead atoms. The Bertz CT molecular complexity index is 486. The van der Waals surface area contributed by atoms with Crippen molar-refractivity contribution in [3.05, 3.63) is 29.6 Å². The summed E-state index contributed by atoms with van der Waals surface area (Å²) in [5.41, 5.74) is -0.155. The number of hydrogen-bond acceptors (Lipinski definition) is 3. The van der Waals surface area contributed by atoms with E-state index in [-0.39, 0.29) is 11.8 Å². The van der Waals surface area contributed by atoms with E-state index >= 15 is 0 Å². The third-order valence-corrected chi connectivity index (χ3v) is 3.64. The molecule has 0 amide bonds. The van der Waals surface area contributed by atoms with Crippen LogP contribution in [0.2, 0.25) is 0 Å². The lowest BCUT2D eigenvalue weighted by Gasteiger charge is -2.24. The van der Waals surface area contributed by atoms with E-state index < -0.39 is 17.2 Å². The van der Waals surface area contributed by atoms with E-state index in [0.717, 1.165) is 0 Å². The van der Waals surface area contributed by atoms with Crippen molar-refractivity contribution in [2.75, 3.05) is 13.7 Å². The van der Waals surface area contributed by atoms with Crippen molar-refractivity contribution in [2.24, 2.45) is 5.41 Å². The van der Waals surface area contributed by atoms with Crippen LogP contribution in [0.4, 0.5) is 4.39 Å². The molecule has 0 spiro atoms. The minimum Gasteiger partial charge on any atom is -0.491 e. The smallest absolute Gasteiger partial charge is 0.311 e. The van der Waals surface area contributed by atoms with E-state index in [1.807, 2.05) is 0 Å². The molecular weight excluding hydrogens is 249 g/mol. The van der Waals surface area contributed by atoms with Gasteiger partial charge < -0.3 is 15.2 Å². The molecule has 1 aromatic carbocycles. The van der Waals surface area contributed by atoms with E-state index in [2.05, 4.69) is 5.32 Å². The molecule has 1 unspecified atom stereocenters. The molecule has 0 aromatic heterocycles. The van der Waals surface area contributed by atoms with Gasteiger partial charge in [0.1, 0.15) is 0 Å². The molecule has 1 atom stereocenters. The minimum atomic E-state index is -0.832. The summed E-state index contributed by atoms with van der Waals surface area (Å²) in [4.78, 5) is 11.4. The largest absolute Gasteiger partial charge is 0.491 e. The van der Waals surface area contributed by atoms with Gasteiger partial charge in [0.05, 0.1) is 12.0 Å². The number of ether oxygens (including phenoxy) is 1. The normalized spacial score (nSPS) is 17.8. The summed E-state index contributed by atoms with van der Waals surface area (Å²) in [6.45, 7) is 2.18.